The third-order valence-corrected chi connectivity index (χ3v) is 6.11. The van der Waals surface area contributed by atoms with Crippen molar-refractivity contribution in [3.63, 3.8) is 0 Å². The Bertz CT molecular complexity index is 1010. The molecule has 31 heavy (non-hydrogen) atoms. The van der Waals surface area contributed by atoms with Crippen molar-refractivity contribution in [2.45, 2.75) is 13.0 Å². The Morgan fingerprint density at radius 2 is 1.94 bits per heavy atom. The zero-order valence-electron chi connectivity index (χ0n) is 17.0. The number of carbonyl (C=O) groups is 2. The van der Waals surface area contributed by atoms with Gasteiger partial charge in [-0.2, -0.15) is 0 Å². The lowest BCUT2D eigenvalue weighted by atomic mass is 10.1. The Hall–Kier alpha value is -2.36. The molecule has 2 amide bonds. The second-order valence-electron chi connectivity index (χ2n) is 6.58. The topological polar surface area (TPSA) is 65.1 Å². The zero-order chi connectivity index (χ0) is 22.4. The zero-order valence-corrected chi connectivity index (χ0v) is 19.4. The maximum atomic E-state index is 13.8. The molecule has 0 N–H and O–H groups in total. The van der Waals surface area contributed by atoms with E-state index in [1.54, 1.807) is 43.5 Å². The van der Waals surface area contributed by atoms with Crippen molar-refractivity contribution in [1.82, 2.24) is 4.90 Å². The van der Waals surface area contributed by atoms with Crippen LogP contribution in [-0.4, -0.2) is 43.4 Å². The molecule has 1 fully saturated rings. The number of hydrogen-bond donors (Lipinski definition) is 0. The summed E-state index contributed by atoms with van der Waals surface area (Å²) in [5, 5.41) is -0.305. The van der Waals surface area contributed by atoms with Gasteiger partial charge in [-0.3, -0.25) is 14.5 Å². The normalized spacial score (nSPS) is 15.1. The summed E-state index contributed by atoms with van der Waals surface area (Å²) in [5.41, 5.74) is 1.07. The Kier molecular flexibility index (Phi) is 8.11. The summed E-state index contributed by atoms with van der Waals surface area (Å²) in [4.78, 5) is 26.3. The molecule has 0 atom stereocenters. The van der Waals surface area contributed by atoms with Gasteiger partial charge in [0.25, 0.3) is 11.1 Å². The molecule has 1 saturated heterocycles. The fraction of sp³-hybridized carbons (Fsp3) is 0.273. The highest BCUT2D eigenvalue weighted by Gasteiger charge is 2.34. The van der Waals surface area contributed by atoms with E-state index in [4.69, 9.17) is 14.2 Å². The van der Waals surface area contributed by atoms with E-state index in [0.29, 0.717) is 51.6 Å². The van der Waals surface area contributed by atoms with Gasteiger partial charge in [0.05, 0.1) is 12.0 Å². The van der Waals surface area contributed by atoms with Crippen LogP contribution in [0.2, 0.25) is 0 Å². The second kappa shape index (κ2) is 10.8. The molecular weight excluding hydrogens is 489 g/mol. The molecular formula is C22H21BrFNO5S. The molecule has 9 heteroatoms. The van der Waals surface area contributed by atoms with E-state index in [1.807, 2.05) is 0 Å². The number of amides is 2. The maximum absolute atomic E-state index is 13.8. The lowest BCUT2D eigenvalue weighted by molar-refractivity contribution is -0.122. The van der Waals surface area contributed by atoms with Gasteiger partial charge in [0, 0.05) is 30.3 Å². The Labute approximate surface area is 192 Å². The first-order chi connectivity index (χ1) is 14.9. The standard InChI is InChI=1S/C22H21BrFNO5S/c1-28-9-5-8-25-21(26)20(31-22(25)27)11-15-10-18(29-2)19(12-16(15)23)30-13-14-6-3-4-7-17(14)24/h3-4,6-7,10-12H,5,8-9,13H2,1-2H3/b20-11+. The first-order valence-electron chi connectivity index (χ1n) is 9.42. The van der Waals surface area contributed by atoms with Crippen LogP contribution >= 0.6 is 27.7 Å². The largest absolute Gasteiger partial charge is 0.493 e. The minimum Gasteiger partial charge on any atom is -0.493 e. The number of imide groups is 1. The van der Waals surface area contributed by atoms with Crippen molar-refractivity contribution in [2.75, 3.05) is 27.4 Å². The highest BCUT2D eigenvalue weighted by molar-refractivity contribution is 9.10. The number of benzene rings is 2. The van der Waals surface area contributed by atoms with Gasteiger partial charge in [0.2, 0.25) is 0 Å². The summed E-state index contributed by atoms with van der Waals surface area (Å²) in [6.07, 6.45) is 2.21. The fourth-order valence-corrected chi connectivity index (χ4v) is 4.20. The number of nitrogens with zero attached hydrogens (tertiary/aromatic N) is 1. The molecule has 0 saturated carbocycles. The van der Waals surface area contributed by atoms with Gasteiger partial charge >= 0.3 is 0 Å². The van der Waals surface area contributed by atoms with Crippen LogP contribution in [0.4, 0.5) is 9.18 Å². The van der Waals surface area contributed by atoms with Crippen LogP contribution in [0, 0.1) is 5.82 Å². The van der Waals surface area contributed by atoms with Gasteiger partial charge in [-0.15, -0.1) is 0 Å². The van der Waals surface area contributed by atoms with Crippen molar-refractivity contribution in [3.05, 3.63) is 62.7 Å². The predicted octanol–water partition coefficient (Wildman–Crippen LogP) is 5.25. The molecule has 0 bridgehead atoms. The van der Waals surface area contributed by atoms with Crippen LogP contribution in [0.15, 0.2) is 45.8 Å². The summed E-state index contributed by atoms with van der Waals surface area (Å²) in [6, 6.07) is 9.75. The smallest absolute Gasteiger partial charge is 0.293 e. The SMILES string of the molecule is COCCCN1C(=O)S/C(=C/c2cc(OC)c(OCc3ccccc3F)cc2Br)C1=O. The molecule has 1 heterocycles. The van der Waals surface area contributed by atoms with Gasteiger partial charge < -0.3 is 14.2 Å². The molecule has 164 valence electrons. The van der Waals surface area contributed by atoms with Crippen molar-refractivity contribution in [2.24, 2.45) is 0 Å². The monoisotopic (exact) mass is 509 g/mol. The van der Waals surface area contributed by atoms with E-state index in [0.717, 1.165) is 11.8 Å². The summed E-state index contributed by atoms with van der Waals surface area (Å²) in [5.74, 6) is 0.155. The van der Waals surface area contributed by atoms with Gasteiger partial charge in [0.15, 0.2) is 11.5 Å². The summed E-state index contributed by atoms with van der Waals surface area (Å²) >= 11 is 4.36. The van der Waals surface area contributed by atoms with Crippen LogP contribution in [-0.2, 0) is 16.1 Å². The summed E-state index contributed by atoms with van der Waals surface area (Å²) < 4.78 is 30.6. The van der Waals surface area contributed by atoms with Crippen LogP contribution in [0.1, 0.15) is 17.5 Å². The van der Waals surface area contributed by atoms with Crippen LogP contribution in [0.25, 0.3) is 6.08 Å². The molecule has 2 aromatic rings. The highest BCUT2D eigenvalue weighted by atomic mass is 79.9. The number of methoxy groups -OCH3 is 2. The molecule has 0 aliphatic carbocycles. The second-order valence-corrected chi connectivity index (χ2v) is 8.43. The van der Waals surface area contributed by atoms with Crippen LogP contribution in [0.3, 0.4) is 0 Å². The third kappa shape index (κ3) is 5.66. The first-order valence-corrected chi connectivity index (χ1v) is 11.0. The molecule has 1 aliphatic rings. The van der Waals surface area contributed by atoms with E-state index in [1.165, 1.54) is 18.1 Å². The van der Waals surface area contributed by atoms with Crippen molar-refractivity contribution >= 4 is 44.9 Å². The van der Waals surface area contributed by atoms with Crippen molar-refractivity contribution in [1.29, 1.82) is 0 Å². The van der Waals surface area contributed by atoms with Gasteiger partial charge in [-0.05, 0) is 48.0 Å². The Balaban J connectivity index is 1.79. The molecule has 1 aliphatic heterocycles. The van der Waals surface area contributed by atoms with E-state index in [2.05, 4.69) is 15.9 Å². The van der Waals surface area contributed by atoms with Crippen LogP contribution < -0.4 is 9.47 Å². The lowest BCUT2D eigenvalue weighted by Gasteiger charge is -2.13. The Morgan fingerprint density at radius 1 is 1.16 bits per heavy atom. The number of rotatable bonds is 9. The van der Waals surface area contributed by atoms with E-state index < -0.39 is 0 Å². The van der Waals surface area contributed by atoms with Crippen molar-refractivity contribution < 1.29 is 28.2 Å². The molecule has 6 nitrogen and oxygen atoms in total. The molecule has 3 rings (SSSR count). The van der Waals surface area contributed by atoms with E-state index in [9.17, 15) is 14.0 Å². The number of halogens is 2. The maximum Gasteiger partial charge on any atom is 0.293 e. The lowest BCUT2D eigenvalue weighted by Crippen LogP contribution is -2.29. The van der Waals surface area contributed by atoms with Gasteiger partial charge in [-0.25, -0.2) is 4.39 Å². The molecule has 0 spiro atoms. The average Bonchev–Trinajstić information content (AvgIpc) is 3.02. The number of carbonyl (C=O) groups excluding carboxylic acids is 2. The number of ether oxygens (including phenoxy) is 3. The van der Waals surface area contributed by atoms with Crippen LogP contribution in [0.5, 0.6) is 11.5 Å². The minimum absolute atomic E-state index is 0.0369. The number of hydrogen-bond acceptors (Lipinski definition) is 6. The Morgan fingerprint density at radius 3 is 2.65 bits per heavy atom. The molecule has 2 aromatic carbocycles. The molecule has 0 unspecified atom stereocenters. The first kappa shape index (κ1) is 23.3. The third-order valence-electron chi connectivity index (χ3n) is 4.51. The number of thioether (sulfide) groups is 1. The van der Waals surface area contributed by atoms with E-state index >= 15 is 0 Å². The average molecular weight is 510 g/mol. The van der Waals surface area contributed by atoms with Crippen molar-refractivity contribution in [3.8, 4) is 11.5 Å². The summed E-state index contributed by atoms with van der Waals surface area (Å²) in [6.45, 7) is 0.816. The quantitative estimate of drug-likeness (QED) is 0.339. The minimum atomic E-state index is -0.349. The van der Waals surface area contributed by atoms with Gasteiger partial charge in [0.1, 0.15) is 12.4 Å². The highest BCUT2D eigenvalue weighted by Crippen LogP contribution is 2.38. The van der Waals surface area contributed by atoms with Gasteiger partial charge in [-0.1, -0.05) is 34.1 Å². The summed E-state index contributed by atoms with van der Waals surface area (Å²) in [7, 11) is 3.06. The predicted molar refractivity (Wildman–Crippen MR) is 121 cm³/mol. The van der Waals surface area contributed by atoms with E-state index in [-0.39, 0.29) is 23.6 Å². The molecule has 0 radical (unpaired) electrons. The fourth-order valence-electron chi connectivity index (χ4n) is 2.91. The molecule has 0 aromatic heterocycles.